The molecule has 3 aromatic rings. The van der Waals surface area contributed by atoms with Gasteiger partial charge in [-0.25, -0.2) is 4.39 Å². The number of nitrogens with one attached hydrogen (secondary N) is 2. The van der Waals surface area contributed by atoms with Crippen molar-refractivity contribution in [1.29, 1.82) is 5.26 Å². The predicted octanol–water partition coefficient (Wildman–Crippen LogP) is 2.76. The van der Waals surface area contributed by atoms with Crippen molar-refractivity contribution in [3.63, 3.8) is 0 Å². The summed E-state index contributed by atoms with van der Waals surface area (Å²) in [7, 11) is 1.46. The number of hydrogen-bond acceptors (Lipinski definition) is 4. The molecule has 0 spiro atoms. The third-order valence-electron chi connectivity index (χ3n) is 5.74. The molecule has 1 fully saturated rings. The number of nitrogens with zero attached hydrogens (tertiary/aromatic N) is 3. The number of halogens is 1. The van der Waals surface area contributed by atoms with Gasteiger partial charge in [0, 0.05) is 30.2 Å². The van der Waals surface area contributed by atoms with Crippen LogP contribution >= 0.6 is 0 Å². The lowest BCUT2D eigenvalue weighted by Crippen LogP contribution is -2.43. The van der Waals surface area contributed by atoms with Crippen LogP contribution in [-0.2, 0) is 9.59 Å². The molecule has 0 bridgehead atoms. The highest BCUT2D eigenvalue weighted by Gasteiger charge is 2.39. The fourth-order valence-corrected chi connectivity index (χ4v) is 3.99. The lowest BCUT2D eigenvalue weighted by Gasteiger charge is -2.23. The van der Waals surface area contributed by atoms with E-state index in [0.29, 0.717) is 11.2 Å². The Morgan fingerprint density at radius 2 is 1.97 bits per heavy atom. The van der Waals surface area contributed by atoms with Gasteiger partial charge >= 0.3 is 0 Å². The largest absolute Gasteiger partial charge is 0.350 e. The standard InChI is InChI=1S/C24H22FN5O3/c1-29(24(33)21-11-18-19(25)8-5-9-20(18)28-21)14-22(31)30-13-15(10-17(30)12-26)23(32)27-16-6-3-2-4-7-16/h2-9,11,15,17,28H,10,13-14H2,1H3,(H,27,32). The van der Waals surface area contributed by atoms with E-state index in [1.54, 1.807) is 30.3 Å². The number of aromatic amines is 1. The number of nitriles is 1. The Kier molecular flexibility index (Phi) is 6.09. The first-order valence-electron chi connectivity index (χ1n) is 10.4. The van der Waals surface area contributed by atoms with E-state index in [1.807, 2.05) is 6.07 Å². The monoisotopic (exact) mass is 447 g/mol. The van der Waals surface area contributed by atoms with Crippen LogP contribution in [0.1, 0.15) is 16.9 Å². The van der Waals surface area contributed by atoms with Crippen LogP contribution in [0.2, 0.25) is 0 Å². The van der Waals surface area contributed by atoms with Gasteiger partial charge in [-0.2, -0.15) is 5.26 Å². The molecular weight excluding hydrogens is 425 g/mol. The van der Waals surface area contributed by atoms with E-state index in [2.05, 4.69) is 16.4 Å². The number of aromatic nitrogens is 1. The first-order chi connectivity index (χ1) is 15.9. The summed E-state index contributed by atoms with van der Waals surface area (Å²) in [6.07, 6.45) is 0.222. The number of fused-ring (bicyclic) bond motifs is 1. The highest BCUT2D eigenvalue weighted by atomic mass is 19.1. The summed E-state index contributed by atoms with van der Waals surface area (Å²) < 4.78 is 13.9. The highest BCUT2D eigenvalue weighted by molar-refractivity contribution is 5.99. The molecule has 0 aliphatic carbocycles. The summed E-state index contributed by atoms with van der Waals surface area (Å²) in [5, 5.41) is 12.6. The van der Waals surface area contributed by atoms with Crippen molar-refractivity contribution in [2.75, 3.05) is 25.5 Å². The van der Waals surface area contributed by atoms with E-state index in [4.69, 9.17) is 0 Å². The number of likely N-dealkylation sites (tertiary alicyclic amines) is 1. The molecule has 33 heavy (non-hydrogen) atoms. The lowest BCUT2D eigenvalue weighted by atomic mass is 10.1. The van der Waals surface area contributed by atoms with Crippen LogP contribution in [0.5, 0.6) is 0 Å². The summed E-state index contributed by atoms with van der Waals surface area (Å²) >= 11 is 0. The molecule has 4 rings (SSSR count). The van der Waals surface area contributed by atoms with Crippen molar-refractivity contribution in [2.45, 2.75) is 12.5 Å². The number of anilines is 1. The number of H-pyrrole nitrogens is 1. The van der Waals surface area contributed by atoms with Gasteiger partial charge in [-0.05, 0) is 36.8 Å². The minimum Gasteiger partial charge on any atom is -0.350 e. The molecule has 1 saturated heterocycles. The van der Waals surface area contributed by atoms with Crippen molar-refractivity contribution in [2.24, 2.45) is 5.92 Å². The number of benzene rings is 2. The molecule has 3 amide bonds. The van der Waals surface area contributed by atoms with E-state index in [0.717, 1.165) is 0 Å². The minimum absolute atomic E-state index is 0.0926. The zero-order valence-electron chi connectivity index (χ0n) is 17.9. The zero-order chi connectivity index (χ0) is 23.5. The molecular formula is C24H22FN5O3. The van der Waals surface area contributed by atoms with Crippen LogP contribution in [0, 0.1) is 23.1 Å². The summed E-state index contributed by atoms with van der Waals surface area (Å²) in [5.41, 5.74) is 1.28. The highest BCUT2D eigenvalue weighted by Crippen LogP contribution is 2.25. The Hall–Kier alpha value is -4.19. The molecule has 2 heterocycles. The maximum atomic E-state index is 13.9. The van der Waals surface area contributed by atoms with Crippen LogP contribution in [0.15, 0.2) is 54.6 Å². The van der Waals surface area contributed by atoms with Crippen LogP contribution < -0.4 is 5.32 Å². The first-order valence-corrected chi connectivity index (χ1v) is 10.4. The lowest BCUT2D eigenvalue weighted by molar-refractivity contribution is -0.131. The van der Waals surface area contributed by atoms with Crippen molar-refractivity contribution in [3.05, 3.63) is 66.1 Å². The molecule has 2 unspecified atom stereocenters. The molecule has 1 aliphatic rings. The van der Waals surface area contributed by atoms with Crippen molar-refractivity contribution >= 4 is 34.3 Å². The van der Waals surface area contributed by atoms with E-state index < -0.39 is 29.6 Å². The molecule has 9 heteroatoms. The molecule has 2 N–H and O–H groups in total. The second-order valence-corrected chi connectivity index (χ2v) is 8.02. The van der Waals surface area contributed by atoms with Crippen molar-refractivity contribution in [3.8, 4) is 6.07 Å². The van der Waals surface area contributed by atoms with E-state index in [1.165, 1.54) is 35.0 Å². The molecule has 1 aliphatic heterocycles. The van der Waals surface area contributed by atoms with Crippen molar-refractivity contribution in [1.82, 2.24) is 14.8 Å². The summed E-state index contributed by atoms with van der Waals surface area (Å²) in [6, 6.07) is 16.2. The summed E-state index contributed by atoms with van der Waals surface area (Å²) in [6.45, 7) is -0.183. The number of para-hydroxylation sites is 1. The Morgan fingerprint density at radius 1 is 1.21 bits per heavy atom. The van der Waals surface area contributed by atoms with Gasteiger partial charge in [0.2, 0.25) is 11.8 Å². The number of carbonyl (C=O) groups excluding carboxylic acids is 3. The quantitative estimate of drug-likeness (QED) is 0.627. The zero-order valence-corrected chi connectivity index (χ0v) is 17.9. The van der Waals surface area contributed by atoms with E-state index in [9.17, 15) is 24.0 Å². The Morgan fingerprint density at radius 3 is 2.67 bits per heavy atom. The average molecular weight is 447 g/mol. The number of hydrogen-bond donors (Lipinski definition) is 2. The fraction of sp³-hybridized carbons (Fsp3) is 0.250. The Labute approximate surface area is 189 Å². The number of amides is 3. The second kappa shape index (κ2) is 9.12. The molecule has 0 saturated carbocycles. The van der Waals surface area contributed by atoms with Gasteiger partial charge in [0.25, 0.3) is 5.91 Å². The van der Waals surface area contributed by atoms with Crippen LogP contribution in [-0.4, -0.2) is 58.7 Å². The van der Waals surface area contributed by atoms with Gasteiger partial charge < -0.3 is 20.1 Å². The normalized spacial score (nSPS) is 17.5. The molecule has 168 valence electrons. The molecule has 1 aromatic heterocycles. The second-order valence-electron chi connectivity index (χ2n) is 8.02. The van der Waals surface area contributed by atoms with Crippen LogP contribution in [0.25, 0.3) is 10.9 Å². The Bertz CT molecular complexity index is 1250. The smallest absolute Gasteiger partial charge is 0.270 e. The average Bonchev–Trinajstić information content (AvgIpc) is 3.44. The summed E-state index contributed by atoms with van der Waals surface area (Å²) in [5.74, 6) is -2.16. The predicted molar refractivity (Wildman–Crippen MR) is 120 cm³/mol. The number of rotatable bonds is 5. The van der Waals surface area contributed by atoms with Gasteiger partial charge in [0.05, 0.1) is 18.5 Å². The van der Waals surface area contributed by atoms with Crippen LogP contribution in [0.3, 0.4) is 0 Å². The van der Waals surface area contributed by atoms with Crippen LogP contribution in [0.4, 0.5) is 10.1 Å². The third-order valence-corrected chi connectivity index (χ3v) is 5.74. The maximum absolute atomic E-state index is 13.9. The van der Waals surface area contributed by atoms with Gasteiger partial charge in [-0.1, -0.05) is 24.3 Å². The maximum Gasteiger partial charge on any atom is 0.270 e. The molecule has 0 radical (unpaired) electrons. The van der Waals surface area contributed by atoms with Gasteiger partial charge in [0.1, 0.15) is 17.6 Å². The number of likely N-dealkylation sites (N-methyl/N-ethyl adjacent to an activating group) is 1. The van der Waals surface area contributed by atoms with Crippen molar-refractivity contribution < 1.29 is 18.8 Å². The number of carbonyl (C=O) groups is 3. The third kappa shape index (κ3) is 4.55. The van der Waals surface area contributed by atoms with Gasteiger partial charge in [-0.15, -0.1) is 0 Å². The fourth-order valence-electron chi connectivity index (χ4n) is 3.99. The molecule has 2 aromatic carbocycles. The topological polar surface area (TPSA) is 109 Å². The molecule has 2 atom stereocenters. The Balaban J connectivity index is 1.41. The molecule has 8 nitrogen and oxygen atoms in total. The van der Waals surface area contributed by atoms with Gasteiger partial charge in [0.15, 0.2) is 0 Å². The minimum atomic E-state index is -0.755. The first kappa shape index (κ1) is 22.0. The van der Waals surface area contributed by atoms with Gasteiger partial charge in [-0.3, -0.25) is 14.4 Å². The SMILES string of the molecule is CN(CC(=O)N1CC(C(=O)Nc2ccccc2)CC1C#N)C(=O)c1cc2c(F)cccc2[nH]1. The van der Waals surface area contributed by atoms with E-state index >= 15 is 0 Å². The summed E-state index contributed by atoms with van der Waals surface area (Å²) in [4.78, 5) is 43.7. The van der Waals surface area contributed by atoms with E-state index in [-0.39, 0.29) is 36.5 Å².